The van der Waals surface area contributed by atoms with E-state index >= 15 is 0 Å². The first-order valence-corrected chi connectivity index (χ1v) is 9.73. The number of ether oxygens (including phenoxy) is 2. The second kappa shape index (κ2) is 8.97. The van der Waals surface area contributed by atoms with Gasteiger partial charge in [-0.05, 0) is 24.3 Å². The summed E-state index contributed by atoms with van der Waals surface area (Å²) >= 11 is 3.24. The predicted molar refractivity (Wildman–Crippen MR) is 99.9 cm³/mol. The third kappa shape index (κ3) is 5.16. The number of carbonyl (C=O) groups excluding carboxylic acids is 1. The number of pyridine rings is 1. The van der Waals surface area contributed by atoms with Gasteiger partial charge in [-0.25, -0.2) is 8.42 Å². The molecule has 2 aromatic rings. The number of amides is 1. The van der Waals surface area contributed by atoms with Gasteiger partial charge in [0.2, 0.25) is 0 Å². The largest absolute Gasteiger partial charge is 0.495 e. The summed E-state index contributed by atoms with van der Waals surface area (Å²) in [6, 6.07) is 6.04. The molecule has 1 aromatic carbocycles. The first-order chi connectivity index (χ1) is 12.4. The van der Waals surface area contributed by atoms with Crippen LogP contribution in [0.15, 0.2) is 46.0 Å². The highest BCUT2D eigenvalue weighted by Crippen LogP contribution is 2.28. The molecule has 0 spiro atoms. The fourth-order valence-corrected chi connectivity index (χ4v) is 3.80. The maximum Gasteiger partial charge on any atom is 0.265 e. The maximum atomic E-state index is 12.7. The summed E-state index contributed by atoms with van der Waals surface area (Å²) in [7, 11) is -1.03. The molecule has 0 aliphatic heterocycles. The van der Waals surface area contributed by atoms with Gasteiger partial charge in [0.1, 0.15) is 10.6 Å². The van der Waals surface area contributed by atoms with Crippen LogP contribution in [0, 0.1) is 0 Å². The molecule has 0 radical (unpaired) electrons. The van der Waals surface area contributed by atoms with Crippen molar-refractivity contribution in [3.8, 4) is 5.75 Å². The second-order valence-electron chi connectivity index (χ2n) is 5.11. The number of hydrogen-bond donors (Lipinski definition) is 2. The molecule has 0 bridgehead atoms. The van der Waals surface area contributed by atoms with E-state index in [2.05, 4.69) is 31.0 Å². The summed E-state index contributed by atoms with van der Waals surface area (Å²) in [5.41, 5.74) is 0.383. The Kier molecular flexibility index (Phi) is 6.95. The van der Waals surface area contributed by atoms with Gasteiger partial charge in [0.15, 0.2) is 0 Å². The molecule has 0 aliphatic carbocycles. The third-order valence-corrected chi connectivity index (χ3v) is 5.16. The summed E-state index contributed by atoms with van der Waals surface area (Å²) in [4.78, 5) is 15.9. The number of nitrogens with zero attached hydrogens (tertiary/aromatic N) is 1. The molecular formula is C16H18BrN3O5S. The molecule has 0 atom stereocenters. The molecule has 10 heteroatoms. The molecule has 140 valence electrons. The Hall–Kier alpha value is -2.17. The number of nitrogens with one attached hydrogen (secondary N) is 2. The quantitative estimate of drug-likeness (QED) is 0.604. The molecule has 0 unspecified atom stereocenters. The number of rotatable bonds is 8. The van der Waals surface area contributed by atoms with E-state index in [0.717, 1.165) is 0 Å². The van der Waals surface area contributed by atoms with Crippen molar-refractivity contribution in [2.24, 2.45) is 0 Å². The highest BCUT2D eigenvalue weighted by Gasteiger charge is 2.21. The van der Waals surface area contributed by atoms with Crippen molar-refractivity contribution >= 4 is 37.5 Å². The highest BCUT2D eigenvalue weighted by molar-refractivity contribution is 9.10. The van der Waals surface area contributed by atoms with Gasteiger partial charge in [0.05, 0.1) is 31.2 Å². The Morgan fingerprint density at radius 1 is 1.23 bits per heavy atom. The van der Waals surface area contributed by atoms with Crippen LogP contribution in [0.4, 0.5) is 5.69 Å². The predicted octanol–water partition coefficient (Wildman–Crippen LogP) is 2.03. The first kappa shape index (κ1) is 20.1. The summed E-state index contributed by atoms with van der Waals surface area (Å²) in [5, 5.41) is 2.64. The van der Waals surface area contributed by atoms with Crippen molar-refractivity contribution in [3.05, 3.63) is 46.7 Å². The smallest absolute Gasteiger partial charge is 0.265 e. The van der Waals surface area contributed by atoms with E-state index in [0.29, 0.717) is 17.6 Å². The minimum absolute atomic E-state index is 0.0377. The Morgan fingerprint density at radius 3 is 2.69 bits per heavy atom. The minimum Gasteiger partial charge on any atom is -0.495 e. The third-order valence-electron chi connectivity index (χ3n) is 3.26. The molecule has 1 heterocycles. The highest BCUT2D eigenvalue weighted by atomic mass is 79.9. The van der Waals surface area contributed by atoms with E-state index in [-0.39, 0.29) is 27.8 Å². The lowest BCUT2D eigenvalue weighted by atomic mass is 10.2. The van der Waals surface area contributed by atoms with Crippen LogP contribution in [-0.4, -0.2) is 46.7 Å². The lowest BCUT2D eigenvalue weighted by molar-refractivity contribution is 0.0936. The topological polar surface area (TPSA) is 107 Å². The van der Waals surface area contributed by atoms with Crippen LogP contribution < -0.4 is 14.8 Å². The molecule has 1 amide bonds. The van der Waals surface area contributed by atoms with Crippen molar-refractivity contribution in [3.63, 3.8) is 0 Å². The number of sulfonamides is 1. The van der Waals surface area contributed by atoms with Gasteiger partial charge in [-0.3, -0.25) is 14.5 Å². The molecule has 0 aliphatic rings. The molecular weight excluding hydrogens is 426 g/mol. The summed E-state index contributed by atoms with van der Waals surface area (Å²) in [6.45, 7) is 0.703. The lowest BCUT2D eigenvalue weighted by Gasteiger charge is -2.12. The molecule has 2 N–H and O–H groups in total. The Labute approximate surface area is 160 Å². The van der Waals surface area contributed by atoms with E-state index in [9.17, 15) is 13.2 Å². The number of carbonyl (C=O) groups is 1. The van der Waals surface area contributed by atoms with Gasteiger partial charge in [0.25, 0.3) is 15.9 Å². The molecule has 26 heavy (non-hydrogen) atoms. The molecule has 0 fully saturated rings. The fourth-order valence-electron chi connectivity index (χ4n) is 2.06. The zero-order chi connectivity index (χ0) is 19.2. The summed E-state index contributed by atoms with van der Waals surface area (Å²) < 4.78 is 38.3. The van der Waals surface area contributed by atoms with Crippen LogP contribution in [0.3, 0.4) is 0 Å². The van der Waals surface area contributed by atoms with Crippen molar-refractivity contribution in [1.29, 1.82) is 0 Å². The zero-order valence-electron chi connectivity index (χ0n) is 14.2. The molecule has 8 nitrogen and oxygen atoms in total. The zero-order valence-corrected chi connectivity index (χ0v) is 16.6. The van der Waals surface area contributed by atoms with Crippen LogP contribution >= 0.6 is 15.9 Å². The average Bonchev–Trinajstić information content (AvgIpc) is 2.61. The summed E-state index contributed by atoms with van der Waals surface area (Å²) in [5.74, 6) is -0.183. The van der Waals surface area contributed by atoms with Crippen LogP contribution in [0.25, 0.3) is 0 Å². The van der Waals surface area contributed by atoms with Crippen LogP contribution in [0.5, 0.6) is 5.75 Å². The van der Waals surface area contributed by atoms with E-state index < -0.39 is 10.0 Å². The SMILES string of the molecule is COCCNC(=O)c1cncc(NS(=O)(=O)c2cc(Br)ccc2OC)c1. The van der Waals surface area contributed by atoms with Gasteiger partial charge in [0, 0.05) is 24.3 Å². The number of methoxy groups -OCH3 is 2. The number of anilines is 1. The lowest BCUT2D eigenvalue weighted by Crippen LogP contribution is -2.27. The monoisotopic (exact) mass is 443 g/mol. The molecule has 0 saturated heterocycles. The standard InChI is InChI=1S/C16H18BrN3O5S/c1-24-6-5-19-16(21)11-7-13(10-18-9-11)20-26(22,23)15-8-12(17)3-4-14(15)25-2/h3-4,7-10,20H,5-6H2,1-2H3,(H,19,21). The second-order valence-corrected chi connectivity index (χ2v) is 7.68. The van der Waals surface area contributed by atoms with Crippen LogP contribution in [-0.2, 0) is 14.8 Å². The van der Waals surface area contributed by atoms with Gasteiger partial charge < -0.3 is 14.8 Å². The average molecular weight is 444 g/mol. The van der Waals surface area contributed by atoms with Crippen LogP contribution in [0.2, 0.25) is 0 Å². The van der Waals surface area contributed by atoms with Gasteiger partial charge in [-0.15, -0.1) is 0 Å². The molecule has 2 rings (SSSR count). The maximum absolute atomic E-state index is 12.7. The summed E-state index contributed by atoms with van der Waals surface area (Å²) in [6.07, 6.45) is 2.66. The Bertz CT molecular complexity index is 889. The number of hydrogen-bond acceptors (Lipinski definition) is 6. The van der Waals surface area contributed by atoms with Gasteiger partial charge in [-0.2, -0.15) is 0 Å². The fraction of sp³-hybridized carbons (Fsp3) is 0.250. The Balaban J connectivity index is 2.24. The van der Waals surface area contributed by atoms with E-state index in [1.54, 1.807) is 6.07 Å². The number of benzene rings is 1. The number of aromatic nitrogens is 1. The Morgan fingerprint density at radius 2 is 2.00 bits per heavy atom. The van der Waals surface area contributed by atoms with E-state index in [1.807, 2.05) is 0 Å². The van der Waals surface area contributed by atoms with Crippen molar-refractivity contribution < 1.29 is 22.7 Å². The van der Waals surface area contributed by atoms with Crippen LogP contribution in [0.1, 0.15) is 10.4 Å². The van der Waals surface area contributed by atoms with Crippen molar-refractivity contribution in [2.75, 3.05) is 32.1 Å². The number of halogens is 1. The molecule has 1 aromatic heterocycles. The van der Waals surface area contributed by atoms with E-state index in [1.165, 1.54) is 44.8 Å². The van der Waals surface area contributed by atoms with Crippen molar-refractivity contribution in [1.82, 2.24) is 10.3 Å². The van der Waals surface area contributed by atoms with Gasteiger partial charge in [-0.1, -0.05) is 15.9 Å². The normalized spacial score (nSPS) is 11.0. The van der Waals surface area contributed by atoms with E-state index in [4.69, 9.17) is 9.47 Å². The minimum atomic E-state index is -3.94. The van der Waals surface area contributed by atoms with Crippen molar-refractivity contribution in [2.45, 2.75) is 4.90 Å². The van der Waals surface area contributed by atoms with Gasteiger partial charge >= 0.3 is 0 Å². The molecule has 0 saturated carbocycles. The first-order valence-electron chi connectivity index (χ1n) is 7.46.